The minimum atomic E-state index is -0.579. The Morgan fingerprint density at radius 1 is 1.00 bits per heavy atom. The van der Waals surface area contributed by atoms with E-state index in [2.05, 4.69) is 39.7 Å². The van der Waals surface area contributed by atoms with E-state index in [-0.39, 0.29) is 18.5 Å². The topological polar surface area (TPSA) is 69.0 Å². The van der Waals surface area contributed by atoms with Gasteiger partial charge in [0.1, 0.15) is 12.1 Å². The lowest BCUT2D eigenvalue weighted by atomic mass is 9.98. The zero-order chi connectivity index (χ0) is 26.0. The predicted molar refractivity (Wildman–Crippen MR) is 141 cm³/mol. The molecule has 7 heteroatoms. The lowest BCUT2D eigenvalue weighted by Crippen LogP contribution is -2.29. The monoisotopic (exact) mass is 498 g/mol. The maximum absolute atomic E-state index is 15.4. The van der Waals surface area contributed by atoms with Gasteiger partial charge in [0.25, 0.3) is 0 Å². The number of halogens is 1. The van der Waals surface area contributed by atoms with Gasteiger partial charge in [-0.05, 0) is 50.3 Å². The molecule has 1 aliphatic carbocycles. The summed E-state index contributed by atoms with van der Waals surface area (Å²) >= 11 is 0. The molecule has 0 saturated heterocycles. The average molecular weight is 499 g/mol. The molecule has 5 rings (SSSR count). The first kappa shape index (κ1) is 24.8. The molecule has 0 fully saturated rings. The first-order valence-electron chi connectivity index (χ1n) is 12.5. The van der Waals surface area contributed by atoms with Gasteiger partial charge in [-0.1, -0.05) is 66.7 Å². The predicted octanol–water partition coefficient (Wildman–Crippen LogP) is 5.56. The van der Waals surface area contributed by atoms with E-state index in [1.807, 2.05) is 36.4 Å². The molecule has 1 aliphatic rings. The van der Waals surface area contributed by atoms with Crippen LogP contribution < -0.4 is 5.32 Å². The summed E-state index contributed by atoms with van der Waals surface area (Å²) in [4.78, 5) is 16.3. The van der Waals surface area contributed by atoms with Crippen molar-refractivity contribution >= 4 is 5.97 Å². The van der Waals surface area contributed by atoms with E-state index in [9.17, 15) is 4.79 Å². The van der Waals surface area contributed by atoms with Gasteiger partial charge in [0, 0.05) is 29.3 Å². The second-order valence-electron chi connectivity index (χ2n) is 10.5. The van der Waals surface area contributed by atoms with Crippen molar-refractivity contribution in [2.75, 3.05) is 0 Å². The number of aromatic nitrogens is 3. The maximum Gasteiger partial charge on any atom is 0.313 e. The molecule has 0 aliphatic heterocycles. The minimum absolute atomic E-state index is 0.000170. The molecule has 1 aromatic heterocycles. The molecule has 0 unspecified atom stereocenters. The lowest BCUT2D eigenvalue weighted by Gasteiger charge is -2.16. The number of esters is 1. The molecule has 0 amide bonds. The summed E-state index contributed by atoms with van der Waals surface area (Å²) in [5.74, 6) is -0.00244. The number of nitrogens with zero attached hydrogens (tertiary/aromatic N) is 3. The van der Waals surface area contributed by atoms with Crippen LogP contribution in [0.5, 0.6) is 0 Å². The molecule has 4 aromatic rings. The van der Waals surface area contributed by atoms with Gasteiger partial charge in [0.2, 0.25) is 0 Å². The Hall–Kier alpha value is -3.84. The van der Waals surface area contributed by atoms with Gasteiger partial charge in [-0.2, -0.15) is 0 Å². The quantitative estimate of drug-likeness (QED) is 0.338. The normalized spacial score (nSPS) is 13.5. The molecule has 37 heavy (non-hydrogen) atoms. The van der Waals surface area contributed by atoms with Gasteiger partial charge in [-0.15, -0.1) is 5.10 Å². The summed E-state index contributed by atoms with van der Waals surface area (Å²) in [6.07, 6.45) is 3.47. The van der Waals surface area contributed by atoms with Gasteiger partial charge < -0.3 is 10.1 Å². The van der Waals surface area contributed by atoms with Crippen LogP contribution in [0.4, 0.5) is 4.39 Å². The number of rotatable bonds is 7. The highest BCUT2D eigenvalue weighted by Crippen LogP contribution is 2.28. The van der Waals surface area contributed by atoms with Crippen LogP contribution in [-0.4, -0.2) is 26.8 Å². The third kappa shape index (κ3) is 5.62. The fraction of sp³-hybridized carbons (Fsp3) is 0.300. The Balaban J connectivity index is 1.23. The Labute approximate surface area is 216 Å². The highest BCUT2D eigenvalue weighted by atomic mass is 19.1. The number of benzene rings is 3. The van der Waals surface area contributed by atoms with Crippen molar-refractivity contribution in [3.8, 4) is 22.5 Å². The lowest BCUT2D eigenvalue weighted by molar-refractivity contribution is -0.157. The largest absolute Gasteiger partial charge is 0.442 e. The molecule has 6 nitrogen and oxygen atoms in total. The molecule has 190 valence electrons. The van der Waals surface area contributed by atoms with Crippen LogP contribution in [0.3, 0.4) is 0 Å². The molecule has 1 heterocycles. The van der Waals surface area contributed by atoms with E-state index < -0.39 is 5.41 Å². The molecule has 0 radical (unpaired) electrons. The highest BCUT2D eigenvalue weighted by molar-refractivity contribution is 5.75. The van der Waals surface area contributed by atoms with E-state index in [0.29, 0.717) is 29.5 Å². The number of fused-ring (bicyclic) bond motifs is 1. The fourth-order valence-corrected chi connectivity index (χ4v) is 4.53. The van der Waals surface area contributed by atoms with E-state index >= 15 is 4.39 Å². The summed E-state index contributed by atoms with van der Waals surface area (Å²) in [5, 5.41) is 7.92. The number of carbonyl (C=O) groups excluding carboxylic acids is 1. The van der Waals surface area contributed by atoms with Crippen molar-refractivity contribution in [2.45, 2.75) is 52.9 Å². The van der Waals surface area contributed by atoms with Crippen LogP contribution in [0, 0.1) is 11.2 Å². The number of ether oxygens (including phenoxy) is 1. The van der Waals surface area contributed by atoms with E-state index in [1.54, 1.807) is 26.8 Å². The van der Waals surface area contributed by atoms with Crippen molar-refractivity contribution in [3.63, 3.8) is 0 Å². The van der Waals surface area contributed by atoms with Gasteiger partial charge in [0.15, 0.2) is 12.6 Å². The molecular weight excluding hydrogens is 467 g/mol. The molecule has 0 saturated carbocycles. The summed E-state index contributed by atoms with van der Waals surface area (Å²) in [6.45, 7) is 5.88. The molecule has 0 bridgehead atoms. The zero-order valence-corrected chi connectivity index (χ0v) is 21.4. The van der Waals surface area contributed by atoms with Crippen LogP contribution in [0.25, 0.3) is 22.5 Å². The second-order valence-corrected chi connectivity index (χ2v) is 10.5. The molecular formula is C30H31FN4O2. The fourth-order valence-electron chi connectivity index (χ4n) is 4.53. The van der Waals surface area contributed by atoms with Crippen LogP contribution in [0.2, 0.25) is 0 Å². The van der Waals surface area contributed by atoms with E-state index in [4.69, 9.17) is 4.74 Å². The SMILES string of the molecule is CC(C)(C)C(=O)OCn1cnc(-c2ccc(-c3cccc(CNC4Cc5ccccc5C4)c3F)cc2)n1. The number of nitrogens with one attached hydrogen (secondary N) is 1. The van der Waals surface area contributed by atoms with Gasteiger partial charge in [-0.3, -0.25) is 4.79 Å². The Kier molecular flexibility index (Phi) is 6.89. The van der Waals surface area contributed by atoms with Crippen molar-refractivity contribution in [3.05, 3.63) is 95.6 Å². The molecule has 1 N–H and O–H groups in total. The molecule has 0 atom stereocenters. The minimum Gasteiger partial charge on any atom is -0.442 e. The number of hydrogen-bond acceptors (Lipinski definition) is 5. The zero-order valence-electron chi connectivity index (χ0n) is 21.4. The smallest absolute Gasteiger partial charge is 0.313 e. The highest BCUT2D eigenvalue weighted by Gasteiger charge is 2.23. The van der Waals surface area contributed by atoms with Crippen LogP contribution in [-0.2, 0) is 35.6 Å². The third-order valence-corrected chi connectivity index (χ3v) is 6.64. The summed E-state index contributed by atoms with van der Waals surface area (Å²) < 4.78 is 22.2. The van der Waals surface area contributed by atoms with Crippen LogP contribution in [0.15, 0.2) is 73.1 Å². The Morgan fingerprint density at radius 3 is 2.35 bits per heavy atom. The Morgan fingerprint density at radius 2 is 1.68 bits per heavy atom. The van der Waals surface area contributed by atoms with E-state index in [1.165, 1.54) is 22.1 Å². The number of carbonyl (C=O) groups is 1. The van der Waals surface area contributed by atoms with Crippen molar-refractivity contribution in [1.82, 2.24) is 20.1 Å². The Bertz CT molecular complexity index is 1380. The first-order valence-corrected chi connectivity index (χ1v) is 12.5. The summed E-state index contributed by atoms with van der Waals surface area (Å²) in [7, 11) is 0. The standard InChI is InChI=1S/C30H31FN4O2/c1-30(2,3)29(36)37-19-35-18-33-28(34-35)21-13-11-20(12-14-21)26-10-6-9-24(27(26)31)17-32-25-15-22-7-4-5-8-23(22)16-25/h4-14,18,25,32H,15-17,19H2,1-3H3. The van der Waals surface area contributed by atoms with Crippen LogP contribution >= 0.6 is 0 Å². The molecule has 3 aromatic carbocycles. The second kappa shape index (κ2) is 10.3. The van der Waals surface area contributed by atoms with Gasteiger partial charge >= 0.3 is 5.97 Å². The maximum atomic E-state index is 15.4. The summed E-state index contributed by atoms with van der Waals surface area (Å²) in [6, 6.07) is 21.8. The number of hydrogen-bond donors (Lipinski definition) is 1. The van der Waals surface area contributed by atoms with Crippen molar-refractivity contribution in [2.24, 2.45) is 5.41 Å². The van der Waals surface area contributed by atoms with Gasteiger partial charge in [-0.25, -0.2) is 14.1 Å². The first-order chi connectivity index (χ1) is 17.8. The van der Waals surface area contributed by atoms with E-state index in [0.717, 1.165) is 24.0 Å². The van der Waals surface area contributed by atoms with Crippen molar-refractivity contribution < 1.29 is 13.9 Å². The van der Waals surface area contributed by atoms with Crippen LogP contribution in [0.1, 0.15) is 37.5 Å². The average Bonchev–Trinajstić information content (AvgIpc) is 3.53. The molecule has 0 spiro atoms. The van der Waals surface area contributed by atoms with Crippen molar-refractivity contribution in [1.29, 1.82) is 0 Å². The summed E-state index contributed by atoms with van der Waals surface area (Å²) in [5.41, 5.74) is 4.97. The third-order valence-electron chi connectivity index (χ3n) is 6.64. The van der Waals surface area contributed by atoms with Gasteiger partial charge in [0.05, 0.1) is 5.41 Å².